The molecule has 1 N–H and O–H groups in total. The topological polar surface area (TPSA) is 67.8 Å². The van der Waals surface area contributed by atoms with Gasteiger partial charge >= 0.3 is 0 Å². The number of hydrogen-bond acceptors (Lipinski definition) is 3. The number of allylic oxidation sites excluding steroid dienone is 1. The van der Waals surface area contributed by atoms with E-state index in [-0.39, 0.29) is 16.3 Å². The largest absolute Gasteiger partial charge is 0.506 e. The highest BCUT2D eigenvalue weighted by Crippen LogP contribution is 2.24. The molecule has 0 radical (unpaired) electrons. The zero-order valence-electron chi connectivity index (χ0n) is 7.03. The lowest BCUT2D eigenvalue weighted by molar-refractivity contribution is 0.475. The summed E-state index contributed by atoms with van der Waals surface area (Å²) in [4.78, 5) is 0. The lowest BCUT2D eigenvalue weighted by Crippen LogP contribution is -1.76. The van der Waals surface area contributed by atoms with Crippen LogP contribution < -0.4 is 0 Å². The Balaban J connectivity index is 3.13. The Morgan fingerprint density at radius 1 is 1.36 bits per heavy atom. The van der Waals surface area contributed by atoms with E-state index in [1.807, 2.05) is 0 Å². The van der Waals surface area contributed by atoms with Crippen molar-refractivity contribution >= 4 is 17.7 Å². The van der Waals surface area contributed by atoms with Gasteiger partial charge in [0.25, 0.3) is 0 Å². The molecule has 0 atom stereocenters. The van der Waals surface area contributed by atoms with Crippen molar-refractivity contribution in [3.05, 3.63) is 34.4 Å². The maximum atomic E-state index is 9.11. The number of halogens is 1. The van der Waals surface area contributed by atoms with Gasteiger partial charge in [0.1, 0.15) is 23.5 Å². The molecule has 1 aromatic rings. The minimum Gasteiger partial charge on any atom is -0.506 e. The highest BCUT2D eigenvalue weighted by Gasteiger charge is 1.99. The van der Waals surface area contributed by atoms with Gasteiger partial charge in [0.05, 0.1) is 5.02 Å². The maximum Gasteiger partial charge on any atom is 0.134 e. The molecule has 4 heteroatoms. The van der Waals surface area contributed by atoms with Crippen LogP contribution in [-0.2, 0) is 0 Å². The van der Waals surface area contributed by atoms with Crippen LogP contribution in [0, 0.1) is 22.7 Å². The minimum absolute atomic E-state index is 0.00763. The molecule has 0 spiro atoms. The van der Waals surface area contributed by atoms with Gasteiger partial charge in [-0.05, 0) is 23.8 Å². The molecule has 0 heterocycles. The molecule has 0 saturated heterocycles. The van der Waals surface area contributed by atoms with Gasteiger partial charge in [-0.2, -0.15) is 10.5 Å². The molecule has 14 heavy (non-hydrogen) atoms. The van der Waals surface area contributed by atoms with E-state index in [9.17, 15) is 0 Å². The molecule has 0 aliphatic rings. The van der Waals surface area contributed by atoms with Gasteiger partial charge in [-0.15, -0.1) is 0 Å². The summed E-state index contributed by atoms with van der Waals surface area (Å²) >= 11 is 5.64. The number of nitrogens with zero attached hydrogens (tertiary/aromatic N) is 2. The van der Waals surface area contributed by atoms with Gasteiger partial charge in [0.15, 0.2) is 0 Å². The molecular weight excluding hydrogens is 200 g/mol. The first-order chi connectivity index (χ1) is 6.67. The average molecular weight is 205 g/mol. The van der Waals surface area contributed by atoms with Crippen molar-refractivity contribution in [1.82, 2.24) is 0 Å². The van der Waals surface area contributed by atoms with Crippen molar-refractivity contribution < 1.29 is 5.11 Å². The third kappa shape index (κ3) is 2.26. The monoisotopic (exact) mass is 204 g/mol. The smallest absolute Gasteiger partial charge is 0.134 e. The van der Waals surface area contributed by atoms with Gasteiger partial charge in [-0.1, -0.05) is 17.7 Å². The van der Waals surface area contributed by atoms with E-state index in [0.29, 0.717) is 5.56 Å². The van der Waals surface area contributed by atoms with Gasteiger partial charge in [-0.3, -0.25) is 0 Å². The van der Waals surface area contributed by atoms with Crippen LogP contribution in [0.3, 0.4) is 0 Å². The quantitative estimate of drug-likeness (QED) is 0.715. The van der Waals surface area contributed by atoms with E-state index in [1.165, 1.54) is 18.2 Å². The Labute approximate surface area is 86.1 Å². The van der Waals surface area contributed by atoms with Crippen molar-refractivity contribution in [2.45, 2.75) is 0 Å². The normalized spacial score (nSPS) is 8.50. The molecule has 0 fully saturated rings. The summed E-state index contributed by atoms with van der Waals surface area (Å²) in [6.07, 6.45) is 1.39. The lowest BCUT2D eigenvalue weighted by atomic mass is 10.1. The first-order valence-electron chi connectivity index (χ1n) is 3.68. The second kappa shape index (κ2) is 4.32. The molecule has 0 aliphatic carbocycles. The molecule has 1 rings (SSSR count). The van der Waals surface area contributed by atoms with E-state index >= 15 is 0 Å². The van der Waals surface area contributed by atoms with Gasteiger partial charge in [-0.25, -0.2) is 0 Å². The second-order valence-electron chi connectivity index (χ2n) is 2.49. The summed E-state index contributed by atoms with van der Waals surface area (Å²) in [6, 6.07) is 7.90. The molecule has 0 aliphatic heterocycles. The Morgan fingerprint density at radius 2 is 2.00 bits per heavy atom. The maximum absolute atomic E-state index is 9.11. The SMILES string of the molecule is N#CC(C#N)=Cc1ccc(O)c(Cl)c1. The molecular formula is C10H5ClN2O. The Hall–Kier alpha value is -1.97. The third-order valence-corrected chi connectivity index (χ3v) is 1.83. The molecule has 0 unspecified atom stereocenters. The van der Waals surface area contributed by atoms with E-state index in [2.05, 4.69) is 0 Å². The Morgan fingerprint density at radius 3 is 2.50 bits per heavy atom. The van der Waals surface area contributed by atoms with Gasteiger partial charge in [0, 0.05) is 0 Å². The Kier molecular flexibility index (Phi) is 3.12. The first kappa shape index (κ1) is 10.1. The molecule has 0 aromatic heterocycles. The fourth-order valence-corrected chi connectivity index (χ4v) is 1.06. The highest BCUT2D eigenvalue weighted by atomic mass is 35.5. The van der Waals surface area contributed by atoms with Crippen LogP contribution in [0.2, 0.25) is 5.02 Å². The molecule has 68 valence electrons. The van der Waals surface area contributed by atoms with Crippen LogP contribution in [0.15, 0.2) is 23.8 Å². The number of phenolic OH excluding ortho intramolecular Hbond substituents is 1. The number of rotatable bonds is 1. The number of phenols is 1. The fraction of sp³-hybridized carbons (Fsp3) is 0. The summed E-state index contributed by atoms with van der Waals surface area (Å²) in [5.74, 6) is -0.0284. The Bertz CT molecular complexity index is 450. The standard InChI is InChI=1S/C10H5ClN2O/c11-9-4-7(1-2-10(9)14)3-8(5-12)6-13/h1-4,14H. The predicted molar refractivity (Wildman–Crippen MR) is 52.3 cm³/mol. The third-order valence-electron chi connectivity index (χ3n) is 1.52. The predicted octanol–water partition coefficient (Wildman–Crippen LogP) is 2.48. The van der Waals surface area contributed by atoms with Crippen molar-refractivity contribution in [2.24, 2.45) is 0 Å². The number of nitriles is 2. The molecule has 0 saturated carbocycles. The second-order valence-corrected chi connectivity index (χ2v) is 2.90. The number of aromatic hydroxyl groups is 1. The van der Waals surface area contributed by atoms with E-state index in [0.717, 1.165) is 0 Å². The minimum atomic E-state index is -0.0284. The highest BCUT2D eigenvalue weighted by molar-refractivity contribution is 6.32. The molecule has 0 bridgehead atoms. The van der Waals surface area contributed by atoms with Crippen molar-refractivity contribution in [3.63, 3.8) is 0 Å². The van der Waals surface area contributed by atoms with Crippen molar-refractivity contribution in [1.29, 1.82) is 10.5 Å². The van der Waals surface area contributed by atoms with Crippen LogP contribution in [0.4, 0.5) is 0 Å². The van der Waals surface area contributed by atoms with E-state index in [1.54, 1.807) is 18.2 Å². The average Bonchev–Trinajstić information content (AvgIpc) is 2.19. The number of hydrogen-bond donors (Lipinski definition) is 1. The van der Waals surface area contributed by atoms with E-state index < -0.39 is 0 Å². The summed E-state index contributed by atoms with van der Waals surface area (Å²) in [6.45, 7) is 0. The van der Waals surface area contributed by atoms with Crippen LogP contribution in [0.5, 0.6) is 5.75 Å². The molecule has 3 nitrogen and oxygen atoms in total. The van der Waals surface area contributed by atoms with Crippen LogP contribution >= 0.6 is 11.6 Å². The van der Waals surface area contributed by atoms with Crippen LogP contribution in [0.1, 0.15) is 5.56 Å². The molecule has 1 aromatic carbocycles. The summed E-state index contributed by atoms with van der Waals surface area (Å²) in [5.41, 5.74) is 0.595. The first-order valence-corrected chi connectivity index (χ1v) is 4.05. The van der Waals surface area contributed by atoms with Gasteiger partial charge < -0.3 is 5.11 Å². The van der Waals surface area contributed by atoms with Crippen LogP contribution in [0.25, 0.3) is 6.08 Å². The van der Waals surface area contributed by atoms with Crippen molar-refractivity contribution in [2.75, 3.05) is 0 Å². The summed E-state index contributed by atoms with van der Waals surface area (Å²) in [7, 11) is 0. The van der Waals surface area contributed by atoms with Gasteiger partial charge in [0.2, 0.25) is 0 Å². The zero-order chi connectivity index (χ0) is 10.6. The fourth-order valence-electron chi connectivity index (χ4n) is 0.869. The number of benzene rings is 1. The van der Waals surface area contributed by atoms with Crippen LogP contribution in [-0.4, -0.2) is 5.11 Å². The lowest BCUT2D eigenvalue weighted by Gasteiger charge is -1.97. The molecule has 0 amide bonds. The van der Waals surface area contributed by atoms with Crippen molar-refractivity contribution in [3.8, 4) is 17.9 Å². The summed E-state index contributed by atoms with van der Waals surface area (Å²) in [5, 5.41) is 26.3. The van der Waals surface area contributed by atoms with E-state index in [4.69, 9.17) is 27.2 Å². The summed E-state index contributed by atoms with van der Waals surface area (Å²) < 4.78 is 0. The zero-order valence-corrected chi connectivity index (χ0v) is 7.78.